The zero-order chi connectivity index (χ0) is 12.5. The molecule has 2 fully saturated rings. The van der Waals surface area contributed by atoms with Crippen LogP contribution in [0.15, 0.2) is 24.3 Å². The van der Waals surface area contributed by atoms with E-state index in [1.165, 1.54) is 44.2 Å². The van der Waals surface area contributed by atoms with Gasteiger partial charge in [0.1, 0.15) is 0 Å². The molecule has 1 aliphatic heterocycles. The van der Waals surface area contributed by atoms with Crippen LogP contribution in [0.25, 0.3) is 0 Å². The topological polar surface area (TPSA) is 58.7 Å². The minimum absolute atomic E-state index is 0.00824. The van der Waals surface area contributed by atoms with Crippen LogP contribution >= 0.6 is 0 Å². The van der Waals surface area contributed by atoms with Gasteiger partial charge in [-0.3, -0.25) is 15.0 Å². The van der Waals surface area contributed by atoms with Crippen molar-refractivity contribution in [3.63, 3.8) is 0 Å². The Labute approximate surface area is 105 Å². The van der Waals surface area contributed by atoms with Crippen molar-refractivity contribution >= 4 is 5.69 Å². The first kappa shape index (κ1) is 11.6. The molecule has 2 atom stereocenters. The highest BCUT2D eigenvalue weighted by Gasteiger charge is 2.43. The van der Waals surface area contributed by atoms with Gasteiger partial charge in [-0.15, -0.1) is 5.06 Å². The standard InChI is InChI=1S/C13H16N2O3/c16-15(17)12-8-6-10(7-9-12)13-14(18-13)11-4-2-1-3-5-11/h6-9,11,13H,1-5H2/t13-,14?/m1/s1. The van der Waals surface area contributed by atoms with E-state index in [9.17, 15) is 10.1 Å². The fourth-order valence-corrected chi connectivity index (χ4v) is 2.67. The number of nitro groups is 1. The lowest BCUT2D eigenvalue weighted by molar-refractivity contribution is -0.384. The Morgan fingerprint density at radius 1 is 1.17 bits per heavy atom. The first-order chi connectivity index (χ1) is 8.75. The fourth-order valence-electron chi connectivity index (χ4n) is 2.67. The minimum atomic E-state index is -0.379. The molecular weight excluding hydrogens is 232 g/mol. The molecule has 5 nitrogen and oxygen atoms in total. The van der Waals surface area contributed by atoms with E-state index in [1.54, 1.807) is 12.1 Å². The van der Waals surface area contributed by atoms with Crippen molar-refractivity contribution in [1.82, 2.24) is 5.06 Å². The predicted octanol–water partition coefficient (Wildman–Crippen LogP) is 3.17. The van der Waals surface area contributed by atoms with Gasteiger partial charge in [0.15, 0.2) is 6.23 Å². The molecule has 96 valence electrons. The first-order valence-corrected chi connectivity index (χ1v) is 6.45. The van der Waals surface area contributed by atoms with Crippen molar-refractivity contribution < 1.29 is 9.76 Å². The average molecular weight is 248 g/mol. The van der Waals surface area contributed by atoms with E-state index in [4.69, 9.17) is 4.84 Å². The summed E-state index contributed by atoms with van der Waals surface area (Å²) in [6, 6.07) is 7.17. The van der Waals surface area contributed by atoms with E-state index in [0.717, 1.165) is 5.56 Å². The van der Waals surface area contributed by atoms with Crippen LogP contribution in [-0.4, -0.2) is 16.0 Å². The molecule has 1 heterocycles. The van der Waals surface area contributed by atoms with Crippen LogP contribution in [0.2, 0.25) is 0 Å². The van der Waals surface area contributed by atoms with Gasteiger partial charge in [-0.1, -0.05) is 19.3 Å². The smallest absolute Gasteiger partial charge is 0.269 e. The lowest BCUT2D eigenvalue weighted by atomic mass is 9.95. The van der Waals surface area contributed by atoms with E-state index in [-0.39, 0.29) is 16.8 Å². The summed E-state index contributed by atoms with van der Waals surface area (Å²) >= 11 is 0. The van der Waals surface area contributed by atoms with E-state index in [0.29, 0.717) is 6.04 Å². The zero-order valence-corrected chi connectivity index (χ0v) is 10.1. The summed E-state index contributed by atoms with van der Waals surface area (Å²) in [7, 11) is 0. The van der Waals surface area contributed by atoms with E-state index in [2.05, 4.69) is 0 Å². The van der Waals surface area contributed by atoms with Crippen LogP contribution < -0.4 is 0 Å². The molecule has 0 aromatic heterocycles. The Bertz CT molecular complexity index is 440. The fraction of sp³-hybridized carbons (Fsp3) is 0.538. The largest absolute Gasteiger partial charge is 0.270 e. The van der Waals surface area contributed by atoms with Gasteiger partial charge in [-0.25, -0.2) is 0 Å². The molecular formula is C13H16N2O3. The van der Waals surface area contributed by atoms with Crippen molar-refractivity contribution in [2.24, 2.45) is 0 Å². The van der Waals surface area contributed by atoms with Crippen LogP contribution in [0.1, 0.15) is 43.9 Å². The van der Waals surface area contributed by atoms with Crippen LogP contribution in [0.4, 0.5) is 5.69 Å². The molecule has 0 bridgehead atoms. The highest BCUT2D eigenvalue weighted by molar-refractivity contribution is 5.34. The van der Waals surface area contributed by atoms with Crippen molar-refractivity contribution in [3.8, 4) is 0 Å². The third kappa shape index (κ3) is 2.23. The van der Waals surface area contributed by atoms with Crippen molar-refractivity contribution in [1.29, 1.82) is 0 Å². The molecule has 1 aromatic rings. The maximum Gasteiger partial charge on any atom is 0.269 e. The van der Waals surface area contributed by atoms with Crippen LogP contribution in [-0.2, 0) is 4.84 Å². The number of nitrogens with zero attached hydrogens (tertiary/aromatic N) is 2. The van der Waals surface area contributed by atoms with Gasteiger partial charge in [0.05, 0.1) is 4.92 Å². The van der Waals surface area contributed by atoms with E-state index < -0.39 is 0 Å². The summed E-state index contributed by atoms with van der Waals surface area (Å²) in [6.45, 7) is 0. The van der Waals surface area contributed by atoms with Gasteiger partial charge in [-0.05, 0) is 25.0 Å². The highest BCUT2D eigenvalue weighted by atomic mass is 16.8. The second-order valence-corrected chi connectivity index (χ2v) is 4.96. The summed E-state index contributed by atoms with van der Waals surface area (Å²) in [5, 5.41) is 12.6. The van der Waals surface area contributed by atoms with Crippen molar-refractivity contribution in [2.45, 2.75) is 44.4 Å². The summed E-state index contributed by atoms with van der Waals surface area (Å²) in [4.78, 5) is 15.8. The lowest BCUT2D eigenvalue weighted by Gasteiger charge is -2.20. The van der Waals surface area contributed by atoms with Crippen LogP contribution in [0.3, 0.4) is 0 Å². The summed E-state index contributed by atoms with van der Waals surface area (Å²) in [5.41, 5.74) is 1.13. The Kier molecular flexibility index (Phi) is 3.01. The number of benzene rings is 1. The molecule has 0 amide bonds. The minimum Gasteiger partial charge on any atom is -0.270 e. The number of hydrogen-bond acceptors (Lipinski definition) is 4. The normalized spacial score (nSPS) is 28.0. The van der Waals surface area contributed by atoms with Gasteiger partial charge in [0, 0.05) is 23.7 Å². The quantitative estimate of drug-likeness (QED) is 0.468. The van der Waals surface area contributed by atoms with Gasteiger partial charge < -0.3 is 0 Å². The summed E-state index contributed by atoms with van der Waals surface area (Å²) < 4.78 is 0. The molecule has 0 radical (unpaired) electrons. The number of nitro benzene ring substituents is 1. The molecule has 1 aliphatic carbocycles. The monoisotopic (exact) mass is 248 g/mol. The van der Waals surface area contributed by atoms with E-state index in [1.807, 2.05) is 5.06 Å². The molecule has 18 heavy (non-hydrogen) atoms. The number of hydrogen-bond donors (Lipinski definition) is 0. The van der Waals surface area contributed by atoms with Crippen molar-refractivity contribution in [2.75, 3.05) is 0 Å². The second kappa shape index (κ2) is 4.66. The molecule has 0 N–H and O–H groups in total. The Balaban J connectivity index is 1.64. The zero-order valence-electron chi connectivity index (χ0n) is 10.1. The van der Waals surface area contributed by atoms with Gasteiger partial charge in [-0.2, -0.15) is 0 Å². The maximum absolute atomic E-state index is 10.6. The molecule has 3 rings (SSSR count). The first-order valence-electron chi connectivity index (χ1n) is 6.45. The number of non-ortho nitro benzene ring substituents is 1. The molecule has 1 saturated heterocycles. The highest BCUT2D eigenvalue weighted by Crippen LogP contribution is 2.43. The van der Waals surface area contributed by atoms with Gasteiger partial charge in [0.2, 0.25) is 0 Å². The Morgan fingerprint density at radius 2 is 1.83 bits per heavy atom. The molecule has 0 spiro atoms. The third-order valence-corrected chi connectivity index (χ3v) is 3.73. The van der Waals surface area contributed by atoms with E-state index >= 15 is 0 Å². The summed E-state index contributed by atoms with van der Waals surface area (Å²) in [5.74, 6) is 0. The Hall–Kier alpha value is -1.46. The number of rotatable bonds is 3. The molecule has 1 saturated carbocycles. The molecule has 2 aliphatic rings. The Morgan fingerprint density at radius 3 is 2.44 bits per heavy atom. The second-order valence-electron chi connectivity index (χ2n) is 4.96. The molecule has 5 heteroatoms. The number of hydroxylamine groups is 2. The van der Waals surface area contributed by atoms with Crippen LogP contribution in [0, 0.1) is 10.1 Å². The van der Waals surface area contributed by atoms with Gasteiger partial charge >= 0.3 is 0 Å². The van der Waals surface area contributed by atoms with Crippen LogP contribution in [0.5, 0.6) is 0 Å². The van der Waals surface area contributed by atoms with Crippen molar-refractivity contribution in [3.05, 3.63) is 39.9 Å². The lowest BCUT2D eigenvalue weighted by Crippen LogP contribution is -2.21. The molecule has 1 aromatic carbocycles. The maximum atomic E-state index is 10.6. The molecule has 1 unspecified atom stereocenters. The van der Waals surface area contributed by atoms with Gasteiger partial charge in [0.25, 0.3) is 5.69 Å². The SMILES string of the molecule is O=[N+]([O-])c1ccc([C@H]2ON2C2CCCCC2)cc1. The average Bonchev–Trinajstić information content (AvgIpc) is 3.20. The third-order valence-electron chi connectivity index (χ3n) is 3.73. The summed E-state index contributed by atoms with van der Waals surface area (Å²) in [6.07, 6.45) is 6.28. The predicted molar refractivity (Wildman–Crippen MR) is 65.6 cm³/mol.